The molecule has 3 aliphatic heterocycles. The predicted octanol–water partition coefficient (Wildman–Crippen LogP) is 1.86. The van der Waals surface area contributed by atoms with Crippen LogP contribution in [0.4, 0.5) is 0 Å². The molecule has 1 N–H and O–H groups in total. The van der Waals surface area contributed by atoms with E-state index in [1.807, 2.05) is 11.9 Å². The van der Waals surface area contributed by atoms with Crippen molar-refractivity contribution in [3.8, 4) is 0 Å². The standard InChI is InChI=1S/C21H37N5O2S.HI/c1-22-20(23-17-21(6-2-3-7-21)26-12-15-29-16-13-26)25-10-8-24(9-11-25)19(27)18-5-4-14-28-18;/h18H,2-17H2,1H3,(H,22,23);1H. The number of guanidine groups is 1. The smallest absolute Gasteiger partial charge is 0.251 e. The van der Waals surface area contributed by atoms with E-state index >= 15 is 0 Å². The first-order valence-corrected chi connectivity index (χ1v) is 12.6. The van der Waals surface area contributed by atoms with E-state index in [1.54, 1.807) is 0 Å². The van der Waals surface area contributed by atoms with Crippen LogP contribution in [0.3, 0.4) is 0 Å². The number of piperazine rings is 1. The van der Waals surface area contributed by atoms with Crippen LogP contribution >= 0.6 is 35.7 Å². The van der Waals surface area contributed by atoms with Gasteiger partial charge < -0.3 is 19.9 Å². The molecule has 4 fully saturated rings. The molecule has 0 aromatic heterocycles. The molecule has 3 saturated heterocycles. The highest BCUT2D eigenvalue weighted by Crippen LogP contribution is 2.36. The van der Waals surface area contributed by atoms with E-state index in [1.165, 1.54) is 50.3 Å². The Kier molecular flexibility index (Phi) is 9.40. The molecule has 0 aromatic carbocycles. The Morgan fingerprint density at radius 2 is 1.73 bits per heavy atom. The van der Waals surface area contributed by atoms with Crippen molar-refractivity contribution in [1.29, 1.82) is 0 Å². The molecule has 0 radical (unpaired) electrons. The maximum Gasteiger partial charge on any atom is 0.251 e. The summed E-state index contributed by atoms with van der Waals surface area (Å²) in [4.78, 5) is 24.2. The molecule has 1 amide bonds. The summed E-state index contributed by atoms with van der Waals surface area (Å²) in [6, 6.07) is 0. The first-order chi connectivity index (χ1) is 14.2. The van der Waals surface area contributed by atoms with Gasteiger partial charge in [-0.1, -0.05) is 12.8 Å². The van der Waals surface area contributed by atoms with Gasteiger partial charge in [0, 0.05) is 76.5 Å². The second-order valence-electron chi connectivity index (χ2n) is 8.75. The van der Waals surface area contributed by atoms with Gasteiger partial charge in [0.15, 0.2) is 5.96 Å². The molecular formula is C21H38IN5O2S. The number of nitrogens with one attached hydrogen (secondary N) is 1. The van der Waals surface area contributed by atoms with Crippen molar-refractivity contribution >= 4 is 47.6 Å². The van der Waals surface area contributed by atoms with E-state index in [0.29, 0.717) is 5.54 Å². The third kappa shape index (κ3) is 5.56. The van der Waals surface area contributed by atoms with E-state index < -0.39 is 0 Å². The van der Waals surface area contributed by atoms with E-state index in [2.05, 4.69) is 31.9 Å². The number of aliphatic imine (C=N–C) groups is 1. The molecule has 7 nitrogen and oxygen atoms in total. The van der Waals surface area contributed by atoms with Gasteiger partial charge in [-0.15, -0.1) is 24.0 Å². The van der Waals surface area contributed by atoms with Crippen molar-refractivity contribution < 1.29 is 9.53 Å². The Labute approximate surface area is 202 Å². The monoisotopic (exact) mass is 551 g/mol. The molecule has 0 spiro atoms. The number of amides is 1. The summed E-state index contributed by atoms with van der Waals surface area (Å²) in [5.74, 6) is 3.69. The van der Waals surface area contributed by atoms with E-state index in [0.717, 1.165) is 58.1 Å². The highest BCUT2D eigenvalue weighted by molar-refractivity contribution is 14.0. The number of hydrogen-bond donors (Lipinski definition) is 1. The van der Waals surface area contributed by atoms with Crippen molar-refractivity contribution in [3.63, 3.8) is 0 Å². The molecule has 1 atom stereocenters. The fourth-order valence-corrected chi connectivity index (χ4v) is 6.27. The fourth-order valence-electron chi connectivity index (χ4n) is 5.37. The maximum absolute atomic E-state index is 12.6. The molecule has 3 heterocycles. The molecule has 1 saturated carbocycles. The van der Waals surface area contributed by atoms with Gasteiger partial charge in [-0.05, 0) is 25.7 Å². The number of carbonyl (C=O) groups is 1. The molecule has 172 valence electrons. The van der Waals surface area contributed by atoms with Gasteiger partial charge in [0.1, 0.15) is 6.10 Å². The summed E-state index contributed by atoms with van der Waals surface area (Å²) in [5.41, 5.74) is 0.300. The third-order valence-electron chi connectivity index (χ3n) is 7.10. The number of rotatable bonds is 4. The molecule has 4 aliphatic rings. The van der Waals surface area contributed by atoms with Gasteiger partial charge in [-0.2, -0.15) is 11.8 Å². The minimum atomic E-state index is -0.205. The first-order valence-electron chi connectivity index (χ1n) is 11.4. The van der Waals surface area contributed by atoms with E-state index in [-0.39, 0.29) is 36.0 Å². The van der Waals surface area contributed by atoms with Crippen LogP contribution in [0.2, 0.25) is 0 Å². The zero-order valence-corrected chi connectivity index (χ0v) is 21.5. The second-order valence-corrected chi connectivity index (χ2v) is 9.97. The number of carbonyl (C=O) groups excluding carboxylic acids is 1. The van der Waals surface area contributed by atoms with Crippen LogP contribution in [0.1, 0.15) is 38.5 Å². The quantitative estimate of drug-likeness (QED) is 0.327. The Balaban J connectivity index is 0.00000256. The topological polar surface area (TPSA) is 60.4 Å². The lowest BCUT2D eigenvalue weighted by atomic mass is 9.94. The molecule has 0 bridgehead atoms. The van der Waals surface area contributed by atoms with E-state index in [4.69, 9.17) is 4.74 Å². The zero-order chi connectivity index (χ0) is 20.1. The van der Waals surface area contributed by atoms with Crippen molar-refractivity contribution in [2.45, 2.75) is 50.2 Å². The molecule has 1 unspecified atom stereocenters. The highest BCUT2D eigenvalue weighted by atomic mass is 127. The highest BCUT2D eigenvalue weighted by Gasteiger charge is 2.40. The Morgan fingerprint density at radius 1 is 1.07 bits per heavy atom. The second kappa shape index (κ2) is 11.6. The van der Waals surface area contributed by atoms with Crippen LogP contribution in [0.15, 0.2) is 4.99 Å². The van der Waals surface area contributed by atoms with Gasteiger partial charge in [-0.3, -0.25) is 14.7 Å². The van der Waals surface area contributed by atoms with Crippen LogP contribution in [0, 0.1) is 0 Å². The normalized spacial score (nSPS) is 27.8. The van der Waals surface area contributed by atoms with Crippen molar-refractivity contribution in [2.75, 3.05) is 71.0 Å². The summed E-state index contributed by atoms with van der Waals surface area (Å²) < 4.78 is 5.58. The predicted molar refractivity (Wildman–Crippen MR) is 134 cm³/mol. The van der Waals surface area contributed by atoms with Crippen LogP contribution < -0.4 is 5.32 Å². The van der Waals surface area contributed by atoms with Crippen molar-refractivity contribution in [2.24, 2.45) is 4.99 Å². The SMILES string of the molecule is CN=C(NCC1(N2CCSCC2)CCCC1)N1CCN(C(=O)C2CCCO2)CC1.I. The van der Waals surface area contributed by atoms with Crippen LogP contribution in [0.5, 0.6) is 0 Å². The Bertz CT molecular complexity index is 582. The molecule has 4 rings (SSSR count). The van der Waals surface area contributed by atoms with Crippen molar-refractivity contribution in [3.05, 3.63) is 0 Å². The Hall–Kier alpha value is -0.260. The van der Waals surface area contributed by atoms with E-state index in [9.17, 15) is 4.79 Å². The summed E-state index contributed by atoms with van der Waals surface area (Å²) in [7, 11) is 1.88. The number of ether oxygens (including phenoxy) is 1. The lowest BCUT2D eigenvalue weighted by molar-refractivity contribution is -0.142. The summed E-state index contributed by atoms with van der Waals surface area (Å²) >= 11 is 2.08. The van der Waals surface area contributed by atoms with Crippen LogP contribution in [-0.4, -0.2) is 109 Å². The largest absolute Gasteiger partial charge is 0.368 e. The lowest BCUT2D eigenvalue weighted by Gasteiger charge is -2.44. The number of nitrogens with zero attached hydrogens (tertiary/aromatic N) is 4. The molecule has 30 heavy (non-hydrogen) atoms. The van der Waals surface area contributed by atoms with Gasteiger partial charge in [-0.25, -0.2) is 0 Å². The van der Waals surface area contributed by atoms with Crippen LogP contribution in [-0.2, 0) is 9.53 Å². The average molecular weight is 552 g/mol. The number of thioether (sulfide) groups is 1. The number of hydrogen-bond acceptors (Lipinski definition) is 5. The Morgan fingerprint density at radius 3 is 2.33 bits per heavy atom. The van der Waals surface area contributed by atoms with Gasteiger partial charge in [0.05, 0.1) is 0 Å². The summed E-state index contributed by atoms with van der Waals surface area (Å²) in [6.45, 7) is 7.34. The summed E-state index contributed by atoms with van der Waals surface area (Å²) in [5, 5.41) is 3.72. The zero-order valence-electron chi connectivity index (χ0n) is 18.3. The molecule has 9 heteroatoms. The molecule has 1 aliphatic carbocycles. The third-order valence-corrected chi connectivity index (χ3v) is 8.04. The fraction of sp³-hybridized carbons (Fsp3) is 0.905. The maximum atomic E-state index is 12.6. The molecule has 0 aromatic rings. The molecular weight excluding hydrogens is 513 g/mol. The minimum Gasteiger partial charge on any atom is -0.368 e. The lowest BCUT2D eigenvalue weighted by Crippen LogP contribution is -2.60. The first kappa shape index (κ1) is 24.4. The average Bonchev–Trinajstić information content (AvgIpc) is 3.48. The van der Waals surface area contributed by atoms with Crippen LogP contribution in [0.25, 0.3) is 0 Å². The van der Waals surface area contributed by atoms with Crippen molar-refractivity contribution in [1.82, 2.24) is 20.0 Å². The number of halogens is 1. The van der Waals surface area contributed by atoms with Gasteiger partial charge in [0.2, 0.25) is 0 Å². The van der Waals surface area contributed by atoms with Gasteiger partial charge in [0.25, 0.3) is 5.91 Å². The summed E-state index contributed by atoms with van der Waals surface area (Å²) in [6.07, 6.45) is 6.95. The van der Waals surface area contributed by atoms with Gasteiger partial charge >= 0.3 is 0 Å². The minimum absolute atomic E-state index is 0.